The molecule has 0 aliphatic heterocycles. The second-order valence-corrected chi connectivity index (χ2v) is 4.69. The van der Waals surface area contributed by atoms with Crippen molar-refractivity contribution in [1.29, 1.82) is 0 Å². The van der Waals surface area contributed by atoms with Gasteiger partial charge in [0, 0.05) is 8.04 Å². The molecule has 0 aliphatic rings. The van der Waals surface area contributed by atoms with E-state index in [-0.39, 0.29) is 24.2 Å². The summed E-state index contributed by atoms with van der Waals surface area (Å²) in [5.41, 5.74) is 1.02. The Balaban J connectivity index is 2.80. The van der Waals surface area contributed by atoms with Crippen LogP contribution in [-0.2, 0) is 0 Å². The molecule has 0 spiro atoms. The fourth-order valence-corrected chi connectivity index (χ4v) is 1.75. The summed E-state index contributed by atoms with van der Waals surface area (Å²) in [5, 5.41) is 0. The van der Waals surface area contributed by atoms with Crippen molar-refractivity contribution in [1.82, 2.24) is 0 Å². The SMILES string of the molecule is [2H]c1c([2H])c(-c2cccc(Br)c2)c([2H])c([2H])c1I. The minimum Gasteiger partial charge on any atom is -0.0605 e. The molecule has 0 saturated heterocycles. The Labute approximate surface area is 111 Å². The van der Waals surface area contributed by atoms with Crippen LogP contribution in [0.25, 0.3) is 11.1 Å². The lowest BCUT2D eigenvalue weighted by Crippen LogP contribution is -1.77. The molecule has 0 nitrogen and oxygen atoms in total. The standard InChI is InChI=1S/C12H8BrI/c13-11-3-1-2-10(8-11)9-4-6-12(14)7-5-9/h1-8H/i4D,5D,6D,7D. The summed E-state index contributed by atoms with van der Waals surface area (Å²) in [6.45, 7) is 0. The molecular formula is C12H8BrI. The van der Waals surface area contributed by atoms with Crippen molar-refractivity contribution in [3.8, 4) is 11.1 Å². The zero-order chi connectivity index (χ0) is 13.4. The molecule has 0 aliphatic carbocycles. The van der Waals surface area contributed by atoms with Crippen molar-refractivity contribution < 1.29 is 5.48 Å². The highest BCUT2D eigenvalue weighted by Crippen LogP contribution is 2.23. The highest BCUT2D eigenvalue weighted by molar-refractivity contribution is 14.1. The van der Waals surface area contributed by atoms with Gasteiger partial charge in [-0.3, -0.25) is 0 Å². The lowest BCUT2D eigenvalue weighted by Gasteiger charge is -2.01. The molecule has 0 aromatic heterocycles. The molecular weight excluding hydrogens is 351 g/mol. The van der Waals surface area contributed by atoms with Gasteiger partial charge in [0.25, 0.3) is 0 Å². The summed E-state index contributed by atoms with van der Waals surface area (Å²) in [5.74, 6) is 0. The van der Waals surface area contributed by atoms with Crippen LogP contribution >= 0.6 is 38.5 Å². The molecule has 2 heteroatoms. The molecule has 70 valence electrons. The summed E-state index contributed by atoms with van der Waals surface area (Å²) in [6, 6.07) is 7.24. The molecule has 0 unspecified atom stereocenters. The zero-order valence-corrected chi connectivity index (χ0v) is 10.8. The maximum atomic E-state index is 7.97. The van der Waals surface area contributed by atoms with Gasteiger partial charge in [0.15, 0.2) is 0 Å². The Morgan fingerprint density at radius 1 is 1.07 bits per heavy atom. The van der Waals surface area contributed by atoms with E-state index in [9.17, 15) is 0 Å². The van der Waals surface area contributed by atoms with E-state index >= 15 is 0 Å². The van der Waals surface area contributed by atoms with Crippen LogP contribution in [0.2, 0.25) is 0 Å². The van der Waals surface area contributed by atoms with E-state index in [1.807, 2.05) is 34.7 Å². The minimum atomic E-state index is -0.00139. The average Bonchev–Trinajstić information content (AvgIpc) is 2.34. The van der Waals surface area contributed by atoms with Gasteiger partial charge in [-0.15, -0.1) is 0 Å². The Morgan fingerprint density at radius 3 is 2.43 bits per heavy atom. The van der Waals surface area contributed by atoms with E-state index in [4.69, 9.17) is 5.48 Å². The predicted molar refractivity (Wildman–Crippen MR) is 72.3 cm³/mol. The first-order valence-corrected chi connectivity index (χ1v) is 5.82. The third kappa shape index (κ3) is 2.36. The van der Waals surface area contributed by atoms with Crippen LogP contribution < -0.4 is 0 Å². The second kappa shape index (κ2) is 4.45. The van der Waals surface area contributed by atoms with Gasteiger partial charge < -0.3 is 0 Å². The summed E-state index contributed by atoms with van der Waals surface area (Å²) in [7, 11) is 0. The van der Waals surface area contributed by atoms with Crippen LogP contribution in [-0.4, -0.2) is 0 Å². The van der Waals surface area contributed by atoms with E-state index < -0.39 is 0 Å². The van der Waals surface area contributed by atoms with Crippen LogP contribution in [0.4, 0.5) is 0 Å². The van der Waals surface area contributed by atoms with Crippen LogP contribution in [0.1, 0.15) is 5.48 Å². The fourth-order valence-electron chi connectivity index (χ4n) is 1.09. The Bertz CT molecular complexity index is 599. The molecule has 0 amide bonds. The van der Waals surface area contributed by atoms with E-state index in [1.54, 1.807) is 12.1 Å². The van der Waals surface area contributed by atoms with Crippen LogP contribution in [0.5, 0.6) is 0 Å². The lowest BCUT2D eigenvalue weighted by molar-refractivity contribution is 1.57. The topological polar surface area (TPSA) is 0 Å². The van der Waals surface area contributed by atoms with Gasteiger partial charge in [0.2, 0.25) is 0 Å². The van der Waals surface area contributed by atoms with E-state index in [2.05, 4.69) is 15.9 Å². The Kier molecular flexibility index (Phi) is 1.99. The van der Waals surface area contributed by atoms with Crippen LogP contribution in [0.15, 0.2) is 52.9 Å². The lowest BCUT2D eigenvalue weighted by atomic mass is 10.1. The van der Waals surface area contributed by atoms with Gasteiger partial charge in [-0.05, 0) is 57.9 Å². The summed E-state index contributed by atoms with van der Waals surface area (Å²) in [4.78, 5) is 0. The van der Waals surface area contributed by atoms with Crippen LogP contribution in [0, 0.1) is 3.57 Å². The molecule has 0 bridgehead atoms. The van der Waals surface area contributed by atoms with Crippen molar-refractivity contribution in [2.45, 2.75) is 0 Å². The first kappa shape index (κ1) is 6.28. The fraction of sp³-hybridized carbons (Fsp3) is 0. The molecule has 2 aromatic carbocycles. The van der Waals surface area contributed by atoms with Gasteiger partial charge in [0.05, 0.1) is 5.48 Å². The van der Waals surface area contributed by atoms with Gasteiger partial charge in [-0.2, -0.15) is 0 Å². The maximum Gasteiger partial charge on any atom is 0.0634 e. The molecule has 0 radical (unpaired) electrons. The van der Waals surface area contributed by atoms with Crippen molar-refractivity contribution in [2.24, 2.45) is 0 Å². The van der Waals surface area contributed by atoms with Crippen molar-refractivity contribution in [3.63, 3.8) is 0 Å². The van der Waals surface area contributed by atoms with E-state index in [0.717, 1.165) is 4.47 Å². The first-order chi connectivity index (χ1) is 8.43. The quantitative estimate of drug-likeness (QED) is 0.644. The largest absolute Gasteiger partial charge is 0.0634 e. The molecule has 0 heterocycles. The first-order valence-electron chi connectivity index (χ1n) is 5.95. The highest BCUT2D eigenvalue weighted by Gasteiger charge is 1.97. The zero-order valence-electron chi connectivity index (χ0n) is 11.1. The Morgan fingerprint density at radius 2 is 1.79 bits per heavy atom. The number of benzene rings is 2. The van der Waals surface area contributed by atoms with E-state index in [1.165, 1.54) is 0 Å². The molecule has 2 aromatic rings. The van der Waals surface area contributed by atoms with Crippen molar-refractivity contribution in [3.05, 3.63) is 56.5 Å². The smallest absolute Gasteiger partial charge is 0.0605 e. The molecule has 14 heavy (non-hydrogen) atoms. The van der Waals surface area contributed by atoms with Gasteiger partial charge in [-0.1, -0.05) is 40.1 Å². The number of rotatable bonds is 1. The highest BCUT2D eigenvalue weighted by atomic mass is 127. The monoisotopic (exact) mass is 362 g/mol. The number of hydrogen-bond donors (Lipinski definition) is 0. The van der Waals surface area contributed by atoms with E-state index in [0.29, 0.717) is 14.7 Å². The summed E-state index contributed by atoms with van der Waals surface area (Å²) >= 11 is 5.18. The third-order valence-corrected chi connectivity index (χ3v) is 2.74. The van der Waals surface area contributed by atoms with Crippen molar-refractivity contribution in [2.75, 3.05) is 0 Å². The molecule has 0 saturated carbocycles. The summed E-state index contributed by atoms with van der Waals surface area (Å²) in [6.07, 6.45) is 0. The Hall–Kier alpha value is -0.350. The molecule has 2 rings (SSSR count). The van der Waals surface area contributed by atoms with Crippen LogP contribution in [0.3, 0.4) is 0 Å². The second-order valence-electron chi connectivity index (χ2n) is 2.70. The molecule has 0 atom stereocenters. The normalized spacial score (nSPS) is 14.1. The van der Waals surface area contributed by atoms with Gasteiger partial charge in [0.1, 0.15) is 0 Å². The molecule has 0 fully saturated rings. The molecule has 0 N–H and O–H groups in total. The van der Waals surface area contributed by atoms with Crippen molar-refractivity contribution >= 4 is 38.5 Å². The summed E-state index contributed by atoms with van der Waals surface area (Å²) < 4.78 is 32.8. The predicted octanol–water partition coefficient (Wildman–Crippen LogP) is 4.72. The average molecular weight is 363 g/mol. The maximum absolute atomic E-state index is 7.97. The van der Waals surface area contributed by atoms with Gasteiger partial charge in [-0.25, -0.2) is 0 Å². The third-order valence-electron chi connectivity index (χ3n) is 1.71. The minimum absolute atomic E-state index is 0.00139. The number of halogens is 2. The number of hydrogen-bond acceptors (Lipinski definition) is 0. The van der Waals surface area contributed by atoms with Gasteiger partial charge >= 0.3 is 0 Å².